The molecule has 0 spiro atoms. The zero-order chi connectivity index (χ0) is 14.5. The van der Waals surface area contributed by atoms with E-state index in [2.05, 4.69) is 27.3 Å². The van der Waals surface area contributed by atoms with Crippen molar-refractivity contribution in [3.63, 3.8) is 0 Å². The van der Waals surface area contributed by atoms with Gasteiger partial charge in [0.05, 0.1) is 12.1 Å². The molecule has 114 valence electrons. The van der Waals surface area contributed by atoms with E-state index in [0.717, 1.165) is 44.0 Å². The number of thiophene rings is 1. The highest BCUT2D eigenvalue weighted by molar-refractivity contribution is 7.08. The molecule has 21 heavy (non-hydrogen) atoms. The van der Waals surface area contributed by atoms with Gasteiger partial charge in [-0.3, -0.25) is 4.90 Å². The summed E-state index contributed by atoms with van der Waals surface area (Å²) in [5, 5.41) is 11.6. The van der Waals surface area contributed by atoms with Crippen molar-refractivity contribution in [2.45, 2.75) is 38.8 Å². The van der Waals surface area contributed by atoms with E-state index in [1.165, 1.54) is 12.8 Å². The van der Waals surface area contributed by atoms with Crippen LogP contribution in [0.25, 0.3) is 11.5 Å². The van der Waals surface area contributed by atoms with Gasteiger partial charge in [-0.25, -0.2) is 0 Å². The lowest BCUT2D eigenvalue weighted by atomic mass is 10.0. The lowest BCUT2D eigenvalue weighted by molar-refractivity contribution is 0.149. The molecule has 0 amide bonds. The van der Waals surface area contributed by atoms with Crippen LogP contribution < -0.4 is 5.32 Å². The molecule has 0 aromatic carbocycles. The second-order valence-corrected chi connectivity index (χ2v) is 6.26. The number of piperidine rings is 1. The van der Waals surface area contributed by atoms with Crippen molar-refractivity contribution >= 4 is 11.3 Å². The Kier molecular flexibility index (Phi) is 5.00. The first-order valence-electron chi connectivity index (χ1n) is 7.66. The molecule has 5 nitrogen and oxygen atoms in total. The van der Waals surface area contributed by atoms with Gasteiger partial charge in [0.1, 0.15) is 0 Å². The van der Waals surface area contributed by atoms with Gasteiger partial charge in [-0.1, -0.05) is 12.1 Å². The summed E-state index contributed by atoms with van der Waals surface area (Å²) >= 11 is 1.64. The van der Waals surface area contributed by atoms with Crippen molar-refractivity contribution < 1.29 is 4.52 Å². The van der Waals surface area contributed by atoms with Crippen molar-refractivity contribution in [2.75, 3.05) is 19.6 Å². The molecule has 0 atom stereocenters. The van der Waals surface area contributed by atoms with Crippen molar-refractivity contribution in [3.05, 3.63) is 22.7 Å². The third kappa shape index (κ3) is 3.70. The molecule has 1 aliphatic heterocycles. The first-order chi connectivity index (χ1) is 10.4. The van der Waals surface area contributed by atoms with E-state index < -0.39 is 0 Å². The van der Waals surface area contributed by atoms with Crippen LogP contribution in [0.3, 0.4) is 0 Å². The van der Waals surface area contributed by atoms with E-state index >= 15 is 0 Å². The molecule has 1 saturated heterocycles. The van der Waals surface area contributed by atoms with Crippen LogP contribution in [0.2, 0.25) is 0 Å². The molecule has 1 N–H and O–H groups in total. The molecular weight excluding hydrogens is 284 g/mol. The quantitative estimate of drug-likeness (QED) is 0.889. The highest BCUT2D eigenvalue weighted by Crippen LogP contribution is 2.21. The molecule has 1 aliphatic rings. The Labute approximate surface area is 129 Å². The first kappa shape index (κ1) is 14.7. The number of rotatable bonds is 6. The van der Waals surface area contributed by atoms with Crippen LogP contribution in [-0.4, -0.2) is 40.7 Å². The highest BCUT2D eigenvalue weighted by atomic mass is 32.1. The van der Waals surface area contributed by atoms with E-state index in [4.69, 9.17) is 4.52 Å². The molecule has 3 heterocycles. The summed E-state index contributed by atoms with van der Waals surface area (Å²) < 4.78 is 5.38. The van der Waals surface area contributed by atoms with Gasteiger partial charge in [-0.05, 0) is 50.3 Å². The van der Waals surface area contributed by atoms with Crippen molar-refractivity contribution in [3.8, 4) is 11.5 Å². The second-order valence-electron chi connectivity index (χ2n) is 5.48. The number of hydrogen-bond acceptors (Lipinski definition) is 6. The predicted octanol–water partition coefficient (Wildman–Crippen LogP) is 2.76. The van der Waals surface area contributed by atoms with Crippen LogP contribution in [0.4, 0.5) is 0 Å². The molecule has 0 saturated carbocycles. The summed E-state index contributed by atoms with van der Waals surface area (Å²) in [5.74, 6) is 1.43. The maximum absolute atomic E-state index is 5.38. The fourth-order valence-electron chi connectivity index (χ4n) is 2.85. The fraction of sp³-hybridized carbons (Fsp3) is 0.600. The minimum absolute atomic E-state index is 0.632. The van der Waals surface area contributed by atoms with Gasteiger partial charge in [0.15, 0.2) is 5.82 Å². The van der Waals surface area contributed by atoms with Gasteiger partial charge < -0.3 is 9.84 Å². The van der Waals surface area contributed by atoms with Crippen molar-refractivity contribution in [1.82, 2.24) is 20.4 Å². The topological polar surface area (TPSA) is 54.2 Å². The van der Waals surface area contributed by atoms with Gasteiger partial charge in [0.2, 0.25) is 0 Å². The van der Waals surface area contributed by atoms with E-state index in [0.29, 0.717) is 11.9 Å². The summed E-state index contributed by atoms with van der Waals surface area (Å²) in [6.07, 6.45) is 3.56. The molecule has 0 bridgehead atoms. The molecule has 0 unspecified atom stereocenters. The molecule has 6 heteroatoms. The predicted molar refractivity (Wildman–Crippen MR) is 84.2 cm³/mol. The first-order valence-corrected chi connectivity index (χ1v) is 8.61. The third-order valence-corrected chi connectivity index (χ3v) is 4.60. The highest BCUT2D eigenvalue weighted by Gasteiger charge is 2.22. The number of aromatic nitrogens is 2. The fourth-order valence-corrected chi connectivity index (χ4v) is 3.48. The standard InChI is InChI=1S/C15H22N4OS/c1-2-8-19(13-3-6-16-7-4-13)10-14-17-15(20-18-14)12-5-9-21-11-12/h5,9,11,13,16H,2-4,6-8,10H2,1H3. The summed E-state index contributed by atoms with van der Waals surface area (Å²) in [5.41, 5.74) is 1.02. The molecule has 3 rings (SSSR count). The van der Waals surface area contributed by atoms with E-state index in [-0.39, 0.29) is 0 Å². The zero-order valence-corrected chi connectivity index (χ0v) is 13.2. The largest absolute Gasteiger partial charge is 0.334 e. The van der Waals surface area contributed by atoms with Crippen LogP contribution in [0.15, 0.2) is 21.3 Å². The SMILES string of the molecule is CCCN(Cc1noc(-c2ccsc2)n1)C1CCNCC1. The van der Waals surface area contributed by atoms with Gasteiger partial charge in [0, 0.05) is 11.4 Å². The molecule has 2 aromatic heterocycles. The van der Waals surface area contributed by atoms with Gasteiger partial charge in [-0.15, -0.1) is 0 Å². The Hall–Kier alpha value is -1.24. The van der Waals surface area contributed by atoms with Gasteiger partial charge >= 0.3 is 0 Å². The van der Waals surface area contributed by atoms with Crippen LogP contribution in [0.5, 0.6) is 0 Å². The van der Waals surface area contributed by atoms with Crippen LogP contribution in [0, 0.1) is 0 Å². The maximum atomic E-state index is 5.38. The number of hydrogen-bond donors (Lipinski definition) is 1. The monoisotopic (exact) mass is 306 g/mol. The van der Waals surface area contributed by atoms with Gasteiger partial charge in [-0.2, -0.15) is 16.3 Å². The Morgan fingerprint density at radius 1 is 1.43 bits per heavy atom. The second kappa shape index (κ2) is 7.15. The Balaban J connectivity index is 1.67. The van der Waals surface area contributed by atoms with Crippen LogP contribution >= 0.6 is 11.3 Å². The van der Waals surface area contributed by atoms with Crippen LogP contribution in [-0.2, 0) is 6.54 Å². The average Bonchev–Trinajstić information content (AvgIpc) is 3.19. The summed E-state index contributed by atoms with van der Waals surface area (Å²) in [4.78, 5) is 7.04. The summed E-state index contributed by atoms with van der Waals surface area (Å²) in [6.45, 7) is 6.31. The van der Waals surface area contributed by atoms with E-state index in [1.54, 1.807) is 11.3 Å². The molecule has 0 radical (unpaired) electrons. The Morgan fingerprint density at radius 3 is 3.00 bits per heavy atom. The molecular formula is C15H22N4OS. The minimum Gasteiger partial charge on any atom is -0.334 e. The molecule has 0 aliphatic carbocycles. The lowest BCUT2D eigenvalue weighted by Gasteiger charge is -2.33. The number of nitrogens with zero attached hydrogens (tertiary/aromatic N) is 3. The van der Waals surface area contributed by atoms with E-state index in [9.17, 15) is 0 Å². The minimum atomic E-state index is 0.632. The summed E-state index contributed by atoms with van der Waals surface area (Å²) in [6, 6.07) is 2.65. The van der Waals surface area contributed by atoms with Crippen molar-refractivity contribution in [1.29, 1.82) is 0 Å². The van der Waals surface area contributed by atoms with Crippen molar-refractivity contribution in [2.24, 2.45) is 0 Å². The maximum Gasteiger partial charge on any atom is 0.258 e. The smallest absolute Gasteiger partial charge is 0.258 e. The zero-order valence-electron chi connectivity index (χ0n) is 12.4. The normalized spacial score (nSPS) is 16.7. The number of nitrogens with one attached hydrogen (secondary N) is 1. The lowest BCUT2D eigenvalue weighted by Crippen LogP contribution is -2.43. The third-order valence-electron chi connectivity index (χ3n) is 3.92. The molecule has 1 fully saturated rings. The molecule has 2 aromatic rings. The summed E-state index contributed by atoms with van der Waals surface area (Å²) in [7, 11) is 0. The average molecular weight is 306 g/mol. The van der Waals surface area contributed by atoms with Gasteiger partial charge in [0.25, 0.3) is 5.89 Å². The van der Waals surface area contributed by atoms with Crippen LogP contribution in [0.1, 0.15) is 32.0 Å². The van der Waals surface area contributed by atoms with E-state index in [1.807, 2.05) is 16.8 Å². The Morgan fingerprint density at radius 2 is 2.29 bits per heavy atom. The Bertz CT molecular complexity index is 534.